The Labute approximate surface area is 191 Å². The van der Waals surface area contributed by atoms with Crippen LogP contribution in [0.15, 0.2) is 17.1 Å². The summed E-state index contributed by atoms with van der Waals surface area (Å²) in [6.07, 6.45) is 1.51. The largest absolute Gasteiger partial charge is 0.498 e. The van der Waals surface area contributed by atoms with Crippen LogP contribution in [0.25, 0.3) is 0 Å². The number of aliphatic carboxylic acids is 1. The summed E-state index contributed by atoms with van der Waals surface area (Å²) in [7, 11) is 0.663. The summed E-state index contributed by atoms with van der Waals surface area (Å²) in [5.74, 6) is -0.785. The minimum atomic E-state index is -1.55. The second-order valence-corrected chi connectivity index (χ2v) is 10.7. The number of carbonyl (C=O) groups is 1. The molecule has 0 aliphatic carbocycles. The van der Waals surface area contributed by atoms with Crippen LogP contribution in [0.5, 0.6) is 5.75 Å². The molecule has 1 unspecified atom stereocenters. The first-order valence-corrected chi connectivity index (χ1v) is 11.0. The predicted octanol–water partition coefficient (Wildman–Crippen LogP) is 2.80. The van der Waals surface area contributed by atoms with E-state index in [9.17, 15) is 14.7 Å². The molecule has 8 nitrogen and oxygen atoms in total. The van der Waals surface area contributed by atoms with Gasteiger partial charge in [0.25, 0.3) is 5.56 Å². The Balaban J connectivity index is 2.65. The quantitative estimate of drug-likeness (QED) is 0.608. The standard InChI is InChI=1S/C23H38BNO7/c1-15(2)30-12-11-23(19(27)28,20(3,4)5)25-14-17(29-10)16(13-18(25)26)24-31-21(6,7)22(8,9)32-24/h13-15H,11-12H2,1-10H3,(H,27,28). The first-order chi connectivity index (χ1) is 14.5. The number of methoxy groups -OCH3 is 1. The number of hydrogen-bond acceptors (Lipinski definition) is 6. The van der Waals surface area contributed by atoms with Gasteiger partial charge >= 0.3 is 13.1 Å². The molecule has 1 aliphatic heterocycles. The molecular formula is C23H38BNO7. The van der Waals surface area contributed by atoms with E-state index < -0.39 is 40.8 Å². The van der Waals surface area contributed by atoms with Crippen molar-refractivity contribution in [2.24, 2.45) is 5.41 Å². The van der Waals surface area contributed by atoms with Gasteiger partial charge in [0.2, 0.25) is 0 Å². The van der Waals surface area contributed by atoms with Crippen LogP contribution in [0.3, 0.4) is 0 Å². The predicted molar refractivity (Wildman–Crippen MR) is 124 cm³/mol. The summed E-state index contributed by atoms with van der Waals surface area (Å²) < 4.78 is 24.7. The SMILES string of the molecule is COc1cn(C(CCOC(C)C)(C(=O)O)C(C)(C)C)c(=O)cc1B1OC(C)(C)C(C)(C)O1. The van der Waals surface area contributed by atoms with Crippen molar-refractivity contribution >= 4 is 18.6 Å². The molecule has 1 fully saturated rings. The molecule has 32 heavy (non-hydrogen) atoms. The van der Waals surface area contributed by atoms with Crippen LogP contribution < -0.4 is 15.8 Å². The van der Waals surface area contributed by atoms with E-state index in [0.717, 1.165) is 0 Å². The van der Waals surface area contributed by atoms with Crippen LogP contribution in [0.1, 0.15) is 68.7 Å². The molecule has 2 heterocycles. The molecule has 1 N–H and O–H groups in total. The normalized spacial score (nSPS) is 19.8. The van der Waals surface area contributed by atoms with Gasteiger partial charge in [0.15, 0.2) is 5.54 Å². The minimum absolute atomic E-state index is 0.0570. The Morgan fingerprint density at radius 3 is 2.12 bits per heavy atom. The zero-order chi connectivity index (χ0) is 24.7. The van der Waals surface area contributed by atoms with Crippen molar-refractivity contribution in [2.75, 3.05) is 13.7 Å². The highest BCUT2D eigenvalue weighted by atomic mass is 16.7. The van der Waals surface area contributed by atoms with Crippen LogP contribution in [0.4, 0.5) is 0 Å². The van der Waals surface area contributed by atoms with Gasteiger partial charge in [-0.15, -0.1) is 0 Å². The Bertz CT molecular complexity index is 885. The summed E-state index contributed by atoms with van der Waals surface area (Å²) in [5.41, 5.74) is -3.60. The molecule has 0 bridgehead atoms. The summed E-state index contributed by atoms with van der Waals surface area (Å²) >= 11 is 0. The number of carboxylic acid groups (broad SMARTS) is 1. The summed E-state index contributed by atoms with van der Waals surface area (Å²) in [4.78, 5) is 26.1. The Kier molecular flexibility index (Phi) is 7.30. The zero-order valence-electron chi connectivity index (χ0n) is 21.1. The smallest absolute Gasteiger partial charge is 0.496 e. The van der Waals surface area contributed by atoms with Crippen LogP contribution in [-0.2, 0) is 24.4 Å². The van der Waals surface area contributed by atoms with Crippen molar-refractivity contribution in [1.82, 2.24) is 4.57 Å². The van der Waals surface area contributed by atoms with Crippen molar-refractivity contribution in [1.29, 1.82) is 0 Å². The number of carboxylic acids is 1. The maximum absolute atomic E-state index is 13.4. The maximum atomic E-state index is 13.4. The van der Waals surface area contributed by atoms with Crippen LogP contribution >= 0.6 is 0 Å². The molecule has 9 heteroatoms. The van der Waals surface area contributed by atoms with Gasteiger partial charge in [-0.3, -0.25) is 9.36 Å². The number of aromatic nitrogens is 1. The molecule has 0 radical (unpaired) electrons. The van der Waals surface area contributed by atoms with Crippen LogP contribution in [0.2, 0.25) is 0 Å². The van der Waals surface area contributed by atoms with Crippen molar-refractivity contribution in [3.63, 3.8) is 0 Å². The summed E-state index contributed by atoms with van der Waals surface area (Å²) in [6.45, 7) is 17.0. The highest BCUT2D eigenvalue weighted by Crippen LogP contribution is 2.41. The molecule has 1 aromatic heterocycles. The fraction of sp³-hybridized carbons (Fsp3) is 0.739. The third-order valence-electron chi connectivity index (χ3n) is 6.70. The van der Waals surface area contributed by atoms with E-state index in [4.69, 9.17) is 18.8 Å². The first kappa shape index (κ1) is 26.4. The van der Waals surface area contributed by atoms with E-state index in [0.29, 0.717) is 11.2 Å². The molecule has 2 rings (SSSR count). The third-order valence-corrected chi connectivity index (χ3v) is 6.70. The van der Waals surface area contributed by atoms with Gasteiger partial charge < -0.3 is 23.9 Å². The molecule has 0 spiro atoms. The fourth-order valence-corrected chi connectivity index (χ4v) is 3.98. The molecule has 0 saturated carbocycles. The number of ether oxygens (including phenoxy) is 2. The molecule has 1 aromatic rings. The molecule has 1 atom stereocenters. The highest BCUT2D eigenvalue weighted by Gasteiger charge is 2.54. The number of pyridine rings is 1. The number of rotatable bonds is 8. The molecule has 1 aliphatic rings. The molecular weight excluding hydrogens is 413 g/mol. The van der Waals surface area contributed by atoms with Crippen molar-refractivity contribution in [2.45, 2.75) is 91.6 Å². The average molecular weight is 451 g/mol. The van der Waals surface area contributed by atoms with Gasteiger partial charge in [-0.25, -0.2) is 4.79 Å². The Morgan fingerprint density at radius 2 is 1.72 bits per heavy atom. The third kappa shape index (κ3) is 4.61. The molecule has 180 valence electrons. The van der Waals surface area contributed by atoms with Gasteiger partial charge in [-0.1, -0.05) is 20.8 Å². The van der Waals surface area contributed by atoms with E-state index >= 15 is 0 Å². The summed E-state index contributed by atoms with van der Waals surface area (Å²) in [6, 6.07) is 1.35. The van der Waals surface area contributed by atoms with Gasteiger partial charge in [0.1, 0.15) is 5.75 Å². The second-order valence-electron chi connectivity index (χ2n) is 10.7. The summed E-state index contributed by atoms with van der Waals surface area (Å²) in [5, 5.41) is 10.4. The van der Waals surface area contributed by atoms with Crippen molar-refractivity contribution < 1.29 is 28.7 Å². The van der Waals surface area contributed by atoms with Gasteiger partial charge in [0, 0.05) is 24.6 Å². The second kappa shape index (κ2) is 8.84. The van der Waals surface area contributed by atoms with Gasteiger partial charge in [-0.2, -0.15) is 0 Å². The highest BCUT2D eigenvalue weighted by molar-refractivity contribution is 6.63. The topological polar surface area (TPSA) is 96.2 Å². The zero-order valence-corrected chi connectivity index (χ0v) is 21.1. The lowest BCUT2D eigenvalue weighted by atomic mass is 9.70. The maximum Gasteiger partial charge on any atom is 0.498 e. The van der Waals surface area contributed by atoms with E-state index in [1.807, 2.05) is 41.5 Å². The molecule has 0 aromatic carbocycles. The Morgan fingerprint density at radius 1 is 1.19 bits per heavy atom. The van der Waals surface area contributed by atoms with E-state index in [1.54, 1.807) is 20.8 Å². The van der Waals surface area contributed by atoms with Crippen molar-refractivity contribution in [3.05, 3.63) is 22.6 Å². The first-order valence-electron chi connectivity index (χ1n) is 11.0. The minimum Gasteiger partial charge on any atom is -0.496 e. The van der Waals surface area contributed by atoms with E-state index in [2.05, 4.69) is 0 Å². The number of nitrogens with zero attached hydrogens (tertiary/aromatic N) is 1. The van der Waals surface area contributed by atoms with Crippen molar-refractivity contribution in [3.8, 4) is 5.75 Å². The van der Waals surface area contributed by atoms with E-state index in [-0.39, 0.29) is 19.1 Å². The molecule has 1 saturated heterocycles. The fourth-order valence-electron chi connectivity index (χ4n) is 3.98. The van der Waals surface area contributed by atoms with E-state index in [1.165, 1.54) is 23.9 Å². The lowest BCUT2D eigenvalue weighted by Gasteiger charge is -2.43. The lowest BCUT2D eigenvalue weighted by Crippen LogP contribution is -2.57. The lowest BCUT2D eigenvalue weighted by molar-refractivity contribution is -0.156. The molecule has 0 amide bonds. The monoisotopic (exact) mass is 451 g/mol. The Hall–Kier alpha value is -1.84. The van der Waals surface area contributed by atoms with Gasteiger partial charge in [-0.05, 0) is 47.0 Å². The number of hydrogen-bond donors (Lipinski definition) is 1. The van der Waals surface area contributed by atoms with Crippen LogP contribution in [0, 0.1) is 5.41 Å². The average Bonchev–Trinajstić information content (AvgIpc) is 2.84. The van der Waals surface area contributed by atoms with Gasteiger partial charge in [0.05, 0.1) is 30.6 Å². The van der Waals surface area contributed by atoms with Crippen LogP contribution in [-0.4, -0.2) is 53.8 Å².